The maximum absolute atomic E-state index is 14.2. The van der Waals surface area contributed by atoms with Crippen LogP contribution in [0.4, 0.5) is 19.2 Å². The van der Waals surface area contributed by atoms with E-state index in [4.69, 9.17) is 9.47 Å². The first kappa shape index (κ1) is 30.5. The Hall–Kier alpha value is -3.96. The van der Waals surface area contributed by atoms with Crippen molar-refractivity contribution in [2.75, 3.05) is 38.1 Å². The van der Waals surface area contributed by atoms with E-state index in [1.165, 1.54) is 6.92 Å². The smallest absolute Gasteiger partial charge is 0.412 e. The van der Waals surface area contributed by atoms with Crippen molar-refractivity contribution in [3.8, 4) is 11.1 Å². The number of fused-ring (bicyclic) bond motifs is 3. The normalized spacial score (nSPS) is 15.5. The van der Waals surface area contributed by atoms with E-state index >= 15 is 0 Å². The average Bonchev–Trinajstić information content (AvgIpc) is 3.25. The summed E-state index contributed by atoms with van der Waals surface area (Å²) in [6, 6.07) is 19.0. The Kier molecular flexibility index (Phi) is 8.49. The van der Waals surface area contributed by atoms with Gasteiger partial charge in [0.25, 0.3) is 0 Å². The van der Waals surface area contributed by atoms with Crippen LogP contribution in [0.2, 0.25) is 0 Å². The number of carbonyl (C=O) groups is 2. The molecule has 0 radical (unpaired) electrons. The summed E-state index contributed by atoms with van der Waals surface area (Å²) in [7, 11) is -5.04. The maximum Gasteiger partial charge on any atom is 0.412 e. The van der Waals surface area contributed by atoms with E-state index in [-0.39, 0.29) is 29.9 Å². The number of hydrogen-bond acceptors (Lipinski definition) is 7. The van der Waals surface area contributed by atoms with Gasteiger partial charge in [-0.15, -0.1) is 3.89 Å². The monoisotopic (exact) mass is 609 g/mol. The predicted octanol–water partition coefficient (Wildman–Crippen LogP) is 6.07. The quantitative estimate of drug-likeness (QED) is 0.339. The second kappa shape index (κ2) is 12.0. The second-order valence-electron chi connectivity index (χ2n) is 11.9. The molecule has 3 aromatic carbocycles. The lowest BCUT2D eigenvalue weighted by Gasteiger charge is -2.34. The van der Waals surface area contributed by atoms with Crippen molar-refractivity contribution in [3.05, 3.63) is 82.9 Å². The van der Waals surface area contributed by atoms with Crippen molar-refractivity contribution >= 4 is 28.1 Å². The molecule has 0 aromatic heterocycles. The summed E-state index contributed by atoms with van der Waals surface area (Å²) >= 11 is 0. The van der Waals surface area contributed by atoms with Gasteiger partial charge in [-0.1, -0.05) is 48.5 Å². The van der Waals surface area contributed by atoms with Gasteiger partial charge in [-0.05, 0) is 73.2 Å². The van der Waals surface area contributed by atoms with Gasteiger partial charge in [0.15, 0.2) is 0 Å². The molecule has 0 unspecified atom stereocenters. The molecule has 1 N–H and O–H groups in total. The molecular formula is C32H36FN3O6S. The van der Waals surface area contributed by atoms with E-state index in [1.54, 1.807) is 31.7 Å². The van der Waals surface area contributed by atoms with Crippen molar-refractivity contribution in [2.45, 2.75) is 50.7 Å². The third-order valence-electron chi connectivity index (χ3n) is 7.74. The Bertz CT molecular complexity index is 1600. The molecule has 11 heteroatoms. The third kappa shape index (κ3) is 7.00. The number of amides is 2. The van der Waals surface area contributed by atoms with Crippen LogP contribution in [-0.2, 0) is 26.2 Å². The number of benzene rings is 3. The average molecular weight is 610 g/mol. The number of anilines is 1. The molecule has 1 aliphatic heterocycles. The predicted molar refractivity (Wildman–Crippen MR) is 161 cm³/mol. The lowest BCUT2D eigenvalue weighted by atomic mass is 9.98. The largest absolute Gasteiger partial charge is 0.448 e. The van der Waals surface area contributed by atoms with E-state index in [2.05, 4.69) is 29.6 Å². The zero-order valence-electron chi connectivity index (χ0n) is 24.7. The topological polar surface area (TPSA) is 105 Å². The van der Waals surface area contributed by atoms with Crippen LogP contribution in [0.15, 0.2) is 65.6 Å². The molecule has 0 saturated carbocycles. The Morgan fingerprint density at radius 2 is 1.53 bits per heavy atom. The van der Waals surface area contributed by atoms with Crippen LogP contribution in [-0.4, -0.2) is 68.8 Å². The van der Waals surface area contributed by atoms with Gasteiger partial charge in [-0.25, -0.2) is 9.59 Å². The molecule has 43 heavy (non-hydrogen) atoms. The SMILES string of the molecule is Cc1c(CN2CCN(C(=O)OCC3c4ccccc4-c4ccccc43)CC2)cc(NC(=O)OC(C)(C)C)cc1S(=O)(=O)F. The third-order valence-corrected chi connectivity index (χ3v) is 8.69. The highest BCUT2D eigenvalue weighted by Gasteiger charge is 2.31. The highest BCUT2D eigenvalue weighted by Crippen LogP contribution is 2.44. The van der Waals surface area contributed by atoms with Crippen molar-refractivity contribution in [2.24, 2.45) is 0 Å². The number of hydrogen-bond donors (Lipinski definition) is 1. The summed E-state index contributed by atoms with van der Waals surface area (Å²) in [5, 5.41) is 2.51. The molecule has 228 valence electrons. The van der Waals surface area contributed by atoms with Crippen molar-refractivity contribution < 1.29 is 31.4 Å². The van der Waals surface area contributed by atoms with Gasteiger partial charge < -0.3 is 14.4 Å². The number of piperazine rings is 1. The summed E-state index contributed by atoms with van der Waals surface area (Å²) in [4.78, 5) is 28.5. The number of rotatable bonds is 6. The lowest BCUT2D eigenvalue weighted by molar-refractivity contribution is 0.0635. The van der Waals surface area contributed by atoms with Crippen molar-refractivity contribution in [3.63, 3.8) is 0 Å². The minimum absolute atomic E-state index is 0.0249. The van der Waals surface area contributed by atoms with Gasteiger partial charge in [-0.2, -0.15) is 8.42 Å². The van der Waals surface area contributed by atoms with Crippen molar-refractivity contribution in [1.29, 1.82) is 0 Å². The Morgan fingerprint density at radius 1 is 0.953 bits per heavy atom. The number of ether oxygens (including phenoxy) is 2. The van der Waals surface area contributed by atoms with Gasteiger partial charge in [0.1, 0.15) is 17.1 Å². The molecule has 0 atom stereocenters. The molecule has 1 saturated heterocycles. The maximum atomic E-state index is 14.2. The highest BCUT2D eigenvalue weighted by atomic mass is 32.3. The summed E-state index contributed by atoms with van der Waals surface area (Å²) < 4.78 is 49.0. The molecule has 3 aromatic rings. The molecule has 9 nitrogen and oxygen atoms in total. The van der Waals surface area contributed by atoms with Gasteiger partial charge in [0, 0.05) is 44.3 Å². The van der Waals surface area contributed by atoms with E-state index < -0.39 is 26.8 Å². The van der Waals surface area contributed by atoms with Gasteiger partial charge in [0.2, 0.25) is 0 Å². The van der Waals surface area contributed by atoms with Crippen LogP contribution in [0.3, 0.4) is 0 Å². The standard InChI is InChI=1S/C32H36FN3O6S/c1-21-22(17-23(18-29(21)43(33,39)40)34-30(37)42-32(2,3)4)19-35-13-15-36(16-14-35)31(38)41-20-28-26-11-7-5-9-24(26)25-10-6-8-12-27(25)28/h5-12,17-18,28H,13-16,19-20H2,1-4H3,(H,34,37). The fraction of sp³-hybridized carbons (Fsp3) is 0.375. The number of carbonyl (C=O) groups excluding carboxylic acids is 2. The Balaban J connectivity index is 1.21. The van der Waals surface area contributed by atoms with Crippen LogP contribution < -0.4 is 5.32 Å². The fourth-order valence-electron chi connectivity index (χ4n) is 5.67. The minimum atomic E-state index is -5.04. The number of nitrogens with one attached hydrogen (secondary N) is 1. The highest BCUT2D eigenvalue weighted by molar-refractivity contribution is 7.86. The molecule has 1 fully saturated rings. The van der Waals surface area contributed by atoms with E-state index in [0.29, 0.717) is 38.3 Å². The van der Waals surface area contributed by atoms with Crippen LogP contribution >= 0.6 is 0 Å². The first-order valence-corrected chi connectivity index (χ1v) is 15.6. The molecule has 5 rings (SSSR count). The molecule has 1 aliphatic carbocycles. The zero-order valence-corrected chi connectivity index (χ0v) is 25.5. The number of halogens is 1. The van der Waals surface area contributed by atoms with Crippen LogP contribution in [0.1, 0.15) is 48.9 Å². The Morgan fingerprint density at radius 3 is 2.09 bits per heavy atom. The molecule has 1 heterocycles. The molecule has 0 bridgehead atoms. The summed E-state index contributed by atoms with van der Waals surface area (Å²) in [5.74, 6) is -0.0249. The zero-order chi connectivity index (χ0) is 30.9. The van der Waals surface area contributed by atoms with E-state index in [1.807, 2.05) is 29.2 Å². The van der Waals surface area contributed by atoms with E-state index in [9.17, 15) is 21.9 Å². The van der Waals surface area contributed by atoms with Crippen LogP contribution in [0.5, 0.6) is 0 Å². The first-order chi connectivity index (χ1) is 20.3. The summed E-state index contributed by atoms with van der Waals surface area (Å²) in [5.41, 5.74) is 4.78. The second-order valence-corrected chi connectivity index (χ2v) is 13.2. The number of nitrogens with zero attached hydrogens (tertiary/aromatic N) is 2. The van der Waals surface area contributed by atoms with Gasteiger partial charge in [0.05, 0.1) is 0 Å². The molecule has 0 spiro atoms. The summed E-state index contributed by atoms with van der Waals surface area (Å²) in [6.07, 6.45) is -1.16. The molecule has 2 amide bonds. The van der Waals surface area contributed by atoms with Crippen LogP contribution in [0, 0.1) is 6.92 Å². The first-order valence-electron chi connectivity index (χ1n) is 14.2. The fourth-order valence-corrected chi connectivity index (χ4v) is 6.44. The van der Waals surface area contributed by atoms with Gasteiger partial charge >= 0.3 is 22.4 Å². The van der Waals surface area contributed by atoms with Gasteiger partial charge in [-0.3, -0.25) is 10.2 Å². The summed E-state index contributed by atoms with van der Waals surface area (Å²) in [6.45, 7) is 9.02. The molecular weight excluding hydrogens is 573 g/mol. The van der Waals surface area contributed by atoms with E-state index in [0.717, 1.165) is 28.3 Å². The lowest BCUT2D eigenvalue weighted by Crippen LogP contribution is -2.48. The van der Waals surface area contributed by atoms with Crippen molar-refractivity contribution in [1.82, 2.24) is 9.80 Å². The van der Waals surface area contributed by atoms with Crippen LogP contribution in [0.25, 0.3) is 11.1 Å². The molecule has 2 aliphatic rings. The minimum Gasteiger partial charge on any atom is -0.448 e. The Labute approximate surface area is 251 Å².